The Bertz CT molecular complexity index is 858. The first-order chi connectivity index (χ1) is 12.7. The van der Waals surface area contributed by atoms with Gasteiger partial charge in [0.15, 0.2) is 0 Å². The molecule has 0 radical (unpaired) electrons. The molecule has 1 aromatic rings. The van der Waals surface area contributed by atoms with Gasteiger partial charge >= 0.3 is 0 Å². The molecule has 1 amide bonds. The lowest BCUT2D eigenvalue weighted by Gasteiger charge is -2.38. The van der Waals surface area contributed by atoms with Gasteiger partial charge < -0.3 is 4.90 Å². The summed E-state index contributed by atoms with van der Waals surface area (Å²) in [6.07, 6.45) is 5.30. The number of rotatable bonds is 3. The van der Waals surface area contributed by atoms with Crippen molar-refractivity contribution in [1.29, 1.82) is 0 Å². The Balaban J connectivity index is 1.60. The highest BCUT2D eigenvalue weighted by Crippen LogP contribution is 2.51. The van der Waals surface area contributed by atoms with Gasteiger partial charge in [0.2, 0.25) is 15.9 Å². The van der Waals surface area contributed by atoms with Crippen LogP contribution in [0.1, 0.15) is 57.6 Å². The number of fused-ring (bicyclic) bond motifs is 1. The van der Waals surface area contributed by atoms with E-state index in [2.05, 4.69) is 0 Å². The highest BCUT2D eigenvalue weighted by molar-refractivity contribution is 7.89. The van der Waals surface area contributed by atoms with Crippen LogP contribution in [0.3, 0.4) is 0 Å². The Morgan fingerprint density at radius 3 is 2.56 bits per heavy atom. The quantitative estimate of drug-likeness (QED) is 0.796. The Labute approximate surface area is 162 Å². The molecule has 1 saturated heterocycles. The van der Waals surface area contributed by atoms with Gasteiger partial charge in [0, 0.05) is 31.6 Å². The lowest BCUT2D eigenvalue weighted by atomic mass is 9.68. The first-order valence-electron chi connectivity index (χ1n) is 10.1. The van der Waals surface area contributed by atoms with E-state index < -0.39 is 10.0 Å². The van der Waals surface area contributed by atoms with Crippen LogP contribution in [0.25, 0.3) is 0 Å². The third-order valence-corrected chi connectivity index (χ3v) is 8.68. The smallest absolute Gasteiger partial charge is 0.243 e. The van der Waals surface area contributed by atoms with Gasteiger partial charge in [0.1, 0.15) is 0 Å². The molecular weight excluding hydrogens is 360 g/mol. The van der Waals surface area contributed by atoms with E-state index in [1.807, 2.05) is 37.8 Å². The number of benzene rings is 1. The predicted molar refractivity (Wildman–Crippen MR) is 105 cm³/mol. The molecule has 6 heteroatoms. The van der Waals surface area contributed by atoms with E-state index >= 15 is 0 Å². The van der Waals surface area contributed by atoms with Crippen molar-refractivity contribution < 1.29 is 13.2 Å². The summed E-state index contributed by atoms with van der Waals surface area (Å²) in [6, 6.07) is 5.57. The van der Waals surface area contributed by atoms with Crippen LogP contribution in [0.4, 0.5) is 0 Å². The molecule has 0 N–H and O–H groups in total. The van der Waals surface area contributed by atoms with Crippen molar-refractivity contribution >= 4 is 15.9 Å². The highest BCUT2D eigenvalue weighted by Gasteiger charge is 2.50. The molecule has 2 heterocycles. The van der Waals surface area contributed by atoms with Gasteiger partial charge in [-0.2, -0.15) is 4.31 Å². The Hall–Kier alpha value is -1.40. The summed E-state index contributed by atoms with van der Waals surface area (Å²) in [6.45, 7) is 7.72. The van der Waals surface area contributed by atoms with Gasteiger partial charge in [0.25, 0.3) is 0 Å². The van der Waals surface area contributed by atoms with E-state index in [1.54, 1.807) is 10.4 Å². The number of nitrogens with zero attached hydrogens (tertiary/aromatic N) is 2. The van der Waals surface area contributed by atoms with Crippen molar-refractivity contribution in [2.45, 2.75) is 70.4 Å². The molecule has 0 aromatic heterocycles. The number of amides is 1. The molecule has 3 aliphatic rings. The van der Waals surface area contributed by atoms with Crippen molar-refractivity contribution in [3.63, 3.8) is 0 Å². The summed E-state index contributed by atoms with van der Waals surface area (Å²) in [5.74, 6) is 0.0941. The summed E-state index contributed by atoms with van der Waals surface area (Å²) in [4.78, 5) is 14.6. The van der Waals surface area contributed by atoms with Crippen molar-refractivity contribution in [2.24, 2.45) is 11.3 Å². The molecule has 2 aliphatic heterocycles. The Morgan fingerprint density at radius 1 is 1.22 bits per heavy atom. The van der Waals surface area contributed by atoms with E-state index in [9.17, 15) is 13.2 Å². The van der Waals surface area contributed by atoms with Crippen LogP contribution in [0.5, 0.6) is 0 Å². The number of sulfonamides is 1. The fourth-order valence-electron chi connectivity index (χ4n) is 5.02. The number of hydrogen-bond acceptors (Lipinski definition) is 3. The maximum atomic E-state index is 13.3. The van der Waals surface area contributed by atoms with Gasteiger partial charge in [-0.1, -0.05) is 26.3 Å². The lowest BCUT2D eigenvalue weighted by Crippen LogP contribution is -2.39. The average Bonchev–Trinajstić information content (AvgIpc) is 2.99. The van der Waals surface area contributed by atoms with Crippen LogP contribution in [-0.4, -0.2) is 42.7 Å². The maximum Gasteiger partial charge on any atom is 0.243 e. The van der Waals surface area contributed by atoms with Crippen LogP contribution in [0.15, 0.2) is 23.1 Å². The Kier molecular flexibility index (Phi) is 4.62. The molecule has 5 nitrogen and oxygen atoms in total. The molecule has 1 spiro atoms. The molecule has 27 heavy (non-hydrogen) atoms. The second-order valence-corrected chi connectivity index (χ2v) is 10.9. The topological polar surface area (TPSA) is 57.7 Å². The maximum absolute atomic E-state index is 13.3. The van der Waals surface area contributed by atoms with Crippen LogP contribution in [0, 0.1) is 11.3 Å². The number of carbonyl (C=O) groups excluding carboxylic acids is 1. The molecule has 2 fully saturated rings. The zero-order chi connectivity index (χ0) is 19.4. The second-order valence-electron chi connectivity index (χ2n) is 9.05. The SMILES string of the molecule is CC(C)C(=O)N1CCc2ccc(S(=O)(=O)N3CC4(CCC4)CC3C)cc2C1. The Morgan fingerprint density at radius 2 is 1.96 bits per heavy atom. The number of carbonyl (C=O) groups is 1. The molecule has 1 atom stereocenters. The summed E-state index contributed by atoms with van der Waals surface area (Å²) < 4.78 is 28.4. The first kappa shape index (κ1) is 18.9. The van der Waals surface area contributed by atoms with Crippen LogP contribution in [-0.2, 0) is 27.8 Å². The minimum absolute atomic E-state index is 0.0393. The molecule has 1 aliphatic carbocycles. The van der Waals surface area contributed by atoms with Gasteiger partial charge in [-0.15, -0.1) is 0 Å². The van der Waals surface area contributed by atoms with E-state index in [1.165, 1.54) is 6.42 Å². The van der Waals surface area contributed by atoms with Crippen molar-refractivity contribution in [3.8, 4) is 0 Å². The third kappa shape index (κ3) is 3.21. The minimum Gasteiger partial charge on any atom is -0.338 e. The molecule has 148 valence electrons. The van der Waals surface area contributed by atoms with Crippen LogP contribution in [0.2, 0.25) is 0 Å². The molecule has 0 bridgehead atoms. The summed E-state index contributed by atoms with van der Waals surface area (Å²) >= 11 is 0. The van der Waals surface area contributed by atoms with Crippen molar-refractivity contribution in [2.75, 3.05) is 13.1 Å². The van der Waals surface area contributed by atoms with Gasteiger partial charge in [-0.05, 0) is 61.3 Å². The summed E-state index contributed by atoms with van der Waals surface area (Å²) in [5.41, 5.74) is 2.36. The normalized spacial score (nSPS) is 24.9. The fourth-order valence-corrected chi connectivity index (χ4v) is 6.82. The molecular formula is C21H30N2O3S. The van der Waals surface area contributed by atoms with E-state index in [4.69, 9.17) is 0 Å². The van der Waals surface area contributed by atoms with Crippen LogP contribution < -0.4 is 0 Å². The van der Waals surface area contributed by atoms with Gasteiger partial charge in [0.05, 0.1) is 4.90 Å². The first-order valence-corrected chi connectivity index (χ1v) is 11.6. The minimum atomic E-state index is -3.49. The molecule has 4 rings (SSSR count). The van der Waals surface area contributed by atoms with Crippen molar-refractivity contribution in [1.82, 2.24) is 9.21 Å². The van der Waals surface area contributed by atoms with Gasteiger partial charge in [-0.3, -0.25) is 4.79 Å². The standard InChI is InChI=1S/C21H30N2O3S/c1-15(2)20(24)22-10-7-17-5-6-19(11-18(17)13-22)27(25,26)23-14-21(8-4-9-21)12-16(23)3/h5-6,11,15-16H,4,7-10,12-14H2,1-3H3. The van der Waals surface area contributed by atoms with E-state index in [0.717, 1.165) is 36.8 Å². The average molecular weight is 391 g/mol. The van der Waals surface area contributed by atoms with Gasteiger partial charge in [-0.25, -0.2) is 8.42 Å². The van der Waals surface area contributed by atoms with Crippen molar-refractivity contribution in [3.05, 3.63) is 29.3 Å². The third-order valence-electron chi connectivity index (χ3n) is 6.73. The summed E-state index contributed by atoms with van der Waals surface area (Å²) in [5, 5.41) is 0. The van der Waals surface area contributed by atoms with E-state index in [-0.39, 0.29) is 23.3 Å². The second kappa shape index (κ2) is 6.59. The highest BCUT2D eigenvalue weighted by atomic mass is 32.2. The zero-order valence-electron chi connectivity index (χ0n) is 16.6. The zero-order valence-corrected chi connectivity index (χ0v) is 17.4. The van der Waals surface area contributed by atoms with Crippen LogP contribution >= 0.6 is 0 Å². The molecule has 1 aromatic carbocycles. The molecule has 1 saturated carbocycles. The number of hydrogen-bond donors (Lipinski definition) is 0. The van der Waals surface area contributed by atoms with E-state index in [0.29, 0.717) is 24.5 Å². The fraction of sp³-hybridized carbons (Fsp3) is 0.667. The predicted octanol–water partition coefficient (Wildman–Crippen LogP) is 3.18. The largest absolute Gasteiger partial charge is 0.338 e. The lowest BCUT2D eigenvalue weighted by molar-refractivity contribution is -0.135. The molecule has 1 unspecified atom stereocenters. The summed E-state index contributed by atoms with van der Waals surface area (Å²) in [7, 11) is -3.49. The monoisotopic (exact) mass is 390 g/mol.